The van der Waals surface area contributed by atoms with Crippen LogP contribution in [0, 0.1) is 5.92 Å². The predicted octanol–water partition coefficient (Wildman–Crippen LogP) is 2.89. The molecule has 0 aliphatic heterocycles. The van der Waals surface area contributed by atoms with Crippen LogP contribution in [0.2, 0.25) is 0 Å². The molecule has 0 saturated heterocycles. The molecule has 2 rings (SSSR count). The van der Waals surface area contributed by atoms with Gasteiger partial charge in [-0.3, -0.25) is 0 Å². The quantitative estimate of drug-likeness (QED) is 0.759. The number of hydrogen-bond acceptors (Lipinski definition) is 2. The van der Waals surface area contributed by atoms with Gasteiger partial charge in [-0.1, -0.05) is 19.3 Å². The minimum atomic E-state index is -0.379. The van der Waals surface area contributed by atoms with E-state index in [2.05, 4.69) is 0 Å². The Bertz CT molecular complexity index is 235. The highest BCUT2D eigenvalue weighted by atomic mass is 16.4. The van der Waals surface area contributed by atoms with Gasteiger partial charge in [0.05, 0.1) is 6.26 Å². The standard InChI is InChI=1S/C11H16O2/c12-11(10-7-4-8-13-10)9-5-2-1-3-6-9/h4,7-9,11-12H,1-3,5-6H2/t11-/m1/s1. The van der Waals surface area contributed by atoms with Gasteiger partial charge >= 0.3 is 0 Å². The highest BCUT2D eigenvalue weighted by Gasteiger charge is 2.24. The zero-order valence-corrected chi connectivity index (χ0v) is 7.78. The zero-order chi connectivity index (χ0) is 9.10. The van der Waals surface area contributed by atoms with Crippen molar-refractivity contribution in [2.24, 2.45) is 5.92 Å². The Kier molecular flexibility index (Phi) is 2.69. The maximum Gasteiger partial charge on any atom is 0.132 e. The first kappa shape index (κ1) is 8.82. The summed E-state index contributed by atoms with van der Waals surface area (Å²) in [6.07, 6.45) is 7.35. The van der Waals surface area contributed by atoms with E-state index in [1.807, 2.05) is 12.1 Å². The third-order valence-corrected chi connectivity index (χ3v) is 2.93. The van der Waals surface area contributed by atoms with E-state index in [-0.39, 0.29) is 6.10 Å². The SMILES string of the molecule is O[C@@H](c1ccco1)C1CCCCC1. The van der Waals surface area contributed by atoms with Crippen molar-refractivity contribution in [1.29, 1.82) is 0 Å². The number of furan rings is 1. The van der Waals surface area contributed by atoms with E-state index in [4.69, 9.17) is 4.42 Å². The third-order valence-electron chi connectivity index (χ3n) is 2.93. The Balaban J connectivity index is 1.99. The molecule has 1 N–H and O–H groups in total. The van der Waals surface area contributed by atoms with Crippen LogP contribution in [0.3, 0.4) is 0 Å². The van der Waals surface area contributed by atoms with Crippen molar-refractivity contribution in [3.8, 4) is 0 Å². The van der Waals surface area contributed by atoms with Gasteiger partial charge in [-0.2, -0.15) is 0 Å². The van der Waals surface area contributed by atoms with E-state index in [1.165, 1.54) is 19.3 Å². The van der Waals surface area contributed by atoms with E-state index in [0.29, 0.717) is 5.92 Å². The topological polar surface area (TPSA) is 33.4 Å². The second kappa shape index (κ2) is 3.97. The van der Waals surface area contributed by atoms with Crippen LogP contribution in [0.25, 0.3) is 0 Å². The van der Waals surface area contributed by atoms with Crippen LogP contribution in [0.5, 0.6) is 0 Å². The fourth-order valence-electron chi connectivity index (χ4n) is 2.14. The lowest BCUT2D eigenvalue weighted by Crippen LogP contribution is -2.15. The Hall–Kier alpha value is -0.760. The van der Waals surface area contributed by atoms with Crippen LogP contribution in [-0.4, -0.2) is 5.11 Å². The second-order valence-corrected chi connectivity index (χ2v) is 3.86. The molecular formula is C11H16O2. The fraction of sp³-hybridized carbons (Fsp3) is 0.636. The van der Waals surface area contributed by atoms with Gasteiger partial charge in [0.2, 0.25) is 0 Å². The molecule has 1 aliphatic rings. The van der Waals surface area contributed by atoms with E-state index in [1.54, 1.807) is 6.26 Å². The smallest absolute Gasteiger partial charge is 0.132 e. The van der Waals surface area contributed by atoms with Gasteiger partial charge in [0.25, 0.3) is 0 Å². The molecule has 0 amide bonds. The average Bonchev–Trinajstić information content (AvgIpc) is 2.71. The van der Waals surface area contributed by atoms with Crippen molar-refractivity contribution in [1.82, 2.24) is 0 Å². The van der Waals surface area contributed by atoms with Crippen molar-refractivity contribution in [3.05, 3.63) is 24.2 Å². The fourth-order valence-corrected chi connectivity index (χ4v) is 2.14. The van der Waals surface area contributed by atoms with Crippen molar-refractivity contribution < 1.29 is 9.52 Å². The first-order valence-electron chi connectivity index (χ1n) is 5.09. The largest absolute Gasteiger partial charge is 0.467 e. The summed E-state index contributed by atoms with van der Waals surface area (Å²) < 4.78 is 5.20. The molecule has 2 nitrogen and oxygen atoms in total. The monoisotopic (exact) mass is 180 g/mol. The average molecular weight is 180 g/mol. The van der Waals surface area contributed by atoms with E-state index < -0.39 is 0 Å². The number of aliphatic hydroxyl groups excluding tert-OH is 1. The van der Waals surface area contributed by atoms with E-state index in [0.717, 1.165) is 18.6 Å². The minimum absolute atomic E-state index is 0.379. The molecule has 0 aromatic carbocycles. The summed E-state index contributed by atoms with van der Waals surface area (Å²) >= 11 is 0. The number of rotatable bonds is 2. The molecule has 2 heteroatoms. The maximum absolute atomic E-state index is 9.94. The molecule has 1 aliphatic carbocycles. The van der Waals surface area contributed by atoms with Gasteiger partial charge in [0.15, 0.2) is 0 Å². The van der Waals surface area contributed by atoms with Gasteiger partial charge in [-0.25, -0.2) is 0 Å². The molecule has 1 aromatic rings. The first-order valence-corrected chi connectivity index (χ1v) is 5.09. The third kappa shape index (κ3) is 1.94. The molecule has 1 aromatic heterocycles. The van der Waals surface area contributed by atoms with Crippen LogP contribution < -0.4 is 0 Å². The van der Waals surface area contributed by atoms with E-state index in [9.17, 15) is 5.11 Å². The van der Waals surface area contributed by atoms with Gasteiger partial charge in [-0.05, 0) is 30.9 Å². The van der Waals surface area contributed by atoms with Crippen molar-refractivity contribution in [2.45, 2.75) is 38.2 Å². The lowest BCUT2D eigenvalue weighted by molar-refractivity contribution is 0.0654. The molecule has 1 heterocycles. The summed E-state index contributed by atoms with van der Waals surface area (Å²) in [7, 11) is 0. The summed E-state index contributed by atoms with van der Waals surface area (Å²) in [6.45, 7) is 0. The number of hydrogen-bond donors (Lipinski definition) is 1. The van der Waals surface area contributed by atoms with Gasteiger partial charge in [0.1, 0.15) is 11.9 Å². The summed E-state index contributed by atoms with van der Waals surface area (Å²) in [4.78, 5) is 0. The lowest BCUT2D eigenvalue weighted by Gasteiger charge is -2.25. The summed E-state index contributed by atoms with van der Waals surface area (Å²) in [5.74, 6) is 1.15. The summed E-state index contributed by atoms with van der Waals surface area (Å²) in [5.41, 5.74) is 0. The van der Waals surface area contributed by atoms with Crippen molar-refractivity contribution in [3.63, 3.8) is 0 Å². The van der Waals surface area contributed by atoms with Gasteiger partial charge in [0, 0.05) is 0 Å². The lowest BCUT2D eigenvalue weighted by atomic mass is 9.84. The second-order valence-electron chi connectivity index (χ2n) is 3.86. The van der Waals surface area contributed by atoms with Crippen LogP contribution in [-0.2, 0) is 0 Å². The molecule has 13 heavy (non-hydrogen) atoms. The zero-order valence-electron chi connectivity index (χ0n) is 7.78. The summed E-state index contributed by atoms with van der Waals surface area (Å²) in [6, 6.07) is 3.70. The van der Waals surface area contributed by atoms with E-state index >= 15 is 0 Å². The highest BCUT2D eigenvalue weighted by molar-refractivity contribution is 5.03. The molecule has 1 fully saturated rings. The minimum Gasteiger partial charge on any atom is -0.467 e. The van der Waals surface area contributed by atoms with Crippen LogP contribution in [0.1, 0.15) is 44.0 Å². The molecule has 0 radical (unpaired) electrons. The molecule has 72 valence electrons. The molecule has 1 saturated carbocycles. The molecule has 0 spiro atoms. The first-order chi connectivity index (χ1) is 6.38. The highest BCUT2D eigenvalue weighted by Crippen LogP contribution is 2.34. The Morgan fingerprint density at radius 3 is 2.69 bits per heavy atom. The summed E-state index contributed by atoms with van der Waals surface area (Å²) in [5, 5.41) is 9.94. The van der Waals surface area contributed by atoms with Gasteiger partial charge < -0.3 is 9.52 Å². The Labute approximate surface area is 78.6 Å². The Morgan fingerprint density at radius 2 is 2.08 bits per heavy atom. The van der Waals surface area contributed by atoms with Crippen LogP contribution in [0.4, 0.5) is 0 Å². The molecule has 0 bridgehead atoms. The maximum atomic E-state index is 9.94. The van der Waals surface area contributed by atoms with Gasteiger partial charge in [-0.15, -0.1) is 0 Å². The van der Waals surface area contributed by atoms with Crippen LogP contribution >= 0.6 is 0 Å². The van der Waals surface area contributed by atoms with Crippen LogP contribution in [0.15, 0.2) is 22.8 Å². The Morgan fingerprint density at radius 1 is 1.31 bits per heavy atom. The molecular weight excluding hydrogens is 164 g/mol. The normalized spacial score (nSPS) is 21.6. The molecule has 0 unspecified atom stereocenters. The predicted molar refractivity (Wildman–Crippen MR) is 50.2 cm³/mol. The van der Waals surface area contributed by atoms with Crippen molar-refractivity contribution >= 4 is 0 Å². The van der Waals surface area contributed by atoms with Crippen molar-refractivity contribution in [2.75, 3.05) is 0 Å². The molecule has 1 atom stereocenters. The number of aliphatic hydroxyl groups is 1.